The molecule has 1 aliphatic rings. The Hall–Kier alpha value is -0.540. The third kappa shape index (κ3) is 3.51. The highest BCUT2D eigenvalue weighted by Gasteiger charge is 2.32. The molecule has 1 saturated carbocycles. The van der Waals surface area contributed by atoms with Crippen LogP contribution in [-0.2, 0) is 13.5 Å². The predicted molar refractivity (Wildman–Crippen MR) is 80.6 cm³/mol. The molecule has 1 aliphatic carbocycles. The van der Waals surface area contributed by atoms with Crippen molar-refractivity contribution in [3.8, 4) is 0 Å². The minimum atomic E-state index is 0.209. The molecule has 3 nitrogen and oxygen atoms in total. The lowest BCUT2D eigenvalue weighted by atomic mass is 9.71. The first-order valence-electron chi connectivity index (χ1n) is 7.21. The van der Waals surface area contributed by atoms with Gasteiger partial charge in [-0.3, -0.25) is 4.68 Å². The van der Waals surface area contributed by atoms with Crippen molar-refractivity contribution in [3.05, 3.63) is 16.4 Å². The first-order valence-corrected chi connectivity index (χ1v) is 7.58. The molecular formula is C15H26ClN3. The van der Waals surface area contributed by atoms with Crippen LogP contribution >= 0.6 is 11.6 Å². The smallest absolute Gasteiger partial charge is 0.0847 e. The molecule has 0 aromatic carbocycles. The summed E-state index contributed by atoms with van der Waals surface area (Å²) in [5.74, 6) is 1.53. The third-order valence-corrected chi connectivity index (χ3v) is 4.68. The number of nitrogens with one attached hydrogen (secondary N) is 1. The van der Waals surface area contributed by atoms with Crippen molar-refractivity contribution in [3.63, 3.8) is 0 Å². The summed E-state index contributed by atoms with van der Waals surface area (Å²) < 4.78 is 1.95. The van der Waals surface area contributed by atoms with Crippen LogP contribution in [0.3, 0.4) is 0 Å². The Balaban J connectivity index is 1.93. The number of hydrogen-bond donors (Lipinski definition) is 1. The van der Waals surface area contributed by atoms with E-state index in [9.17, 15) is 0 Å². The summed E-state index contributed by atoms with van der Waals surface area (Å²) in [7, 11) is 2.00. The average molecular weight is 284 g/mol. The molecule has 0 bridgehead atoms. The summed E-state index contributed by atoms with van der Waals surface area (Å²) in [4.78, 5) is 0. The summed E-state index contributed by atoms with van der Waals surface area (Å²) in [6, 6.07) is 0. The number of hydrogen-bond acceptors (Lipinski definition) is 2. The second-order valence-electron chi connectivity index (χ2n) is 6.90. The van der Waals surface area contributed by atoms with Crippen molar-refractivity contribution in [2.45, 2.75) is 52.5 Å². The molecule has 2 unspecified atom stereocenters. The van der Waals surface area contributed by atoms with Crippen molar-refractivity contribution in [2.75, 3.05) is 6.54 Å². The van der Waals surface area contributed by atoms with E-state index < -0.39 is 0 Å². The lowest BCUT2D eigenvalue weighted by Crippen LogP contribution is -2.44. The zero-order valence-electron chi connectivity index (χ0n) is 12.8. The van der Waals surface area contributed by atoms with E-state index in [1.807, 2.05) is 18.7 Å². The van der Waals surface area contributed by atoms with Crippen LogP contribution in [0, 0.1) is 18.8 Å². The highest BCUT2D eigenvalue weighted by molar-refractivity contribution is 6.31. The first kappa shape index (κ1) is 14.9. The summed E-state index contributed by atoms with van der Waals surface area (Å²) >= 11 is 6.34. The van der Waals surface area contributed by atoms with Crippen molar-refractivity contribution >= 4 is 11.6 Å². The monoisotopic (exact) mass is 283 g/mol. The Morgan fingerprint density at radius 3 is 2.37 bits per heavy atom. The molecule has 108 valence electrons. The van der Waals surface area contributed by atoms with Crippen LogP contribution in [0.15, 0.2) is 0 Å². The molecule has 0 radical (unpaired) electrons. The van der Waals surface area contributed by atoms with Gasteiger partial charge < -0.3 is 5.32 Å². The van der Waals surface area contributed by atoms with Gasteiger partial charge in [-0.2, -0.15) is 5.10 Å². The zero-order valence-corrected chi connectivity index (χ0v) is 13.5. The molecule has 1 aromatic rings. The number of aryl methyl sites for hydroxylation is 2. The molecule has 1 fully saturated rings. The van der Waals surface area contributed by atoms with Gasteiger partial charge >= 0.3 is 0 Å². The van der Waals surface area contributed by atoms with E-state index >= 15 is 0 Å². The van der Waals surface area contributed by atoms with Crippen molar-refractivity contribution in [1.29, 1.82) is 0 Å². The maximum atomic E-state index is 6.34. The van der Waals surface area contributed by atoms with Crippen LogP contribution < -0.4 is 5.32 Å². The summed E-state index contributed by atoms with van der Waals surface area (Å²) in [6.07, 6.45) is 3.71. The summed E-state index contributed by atoms with van der Waals surface area (Å²) in [5, 5.41) is 8.88. The van der Waals surface area contributed by atoms with Gasteiger partial charge in [-0.05, 0) is 65.3 Å². The van der Waals surface area contributed by atoms with Crippen LogP contribution in [0.4, 0.5) is 0 Å². The van der Waals surface area contributed by atoms with Gasteiger partial charge in [0.2, 0.25) is 0 Å². The summed E-state index contributed by atoms with van der Waals surface area (Å²) in [5.41, 5.74) is 2.36. The third-order valence-electron chi connectivity index (χ3n) is 4.19. The molecule has 1 aromatic heterocycles. The molecular weight excluding hydrogens is 258 g/mol. The number of nitrogens with zero attached hydrogens (tertiary/aromatic N) is 2. The molecule has 0 spiro atoms. The van der Waals surface area contributed by atoms with Crippen LogP contribution in [0.5, 0.6) is 0 Å². The Bertz CT molecular complexity index is 445. The van der Waals surface area contributed by atoms with Crippen LogP contribution in [0.2, 0.25) is 5.02 Å². The predicted octanol–water partition coefficient (Wildman–Crippen LogP) is 3.34. The minimum Gasteiger partial charge on any atom is -0.312 e. The van der Waals surface area contributed by atoms with Gasteiger partial charge in [0.15, 0.2) is 0 Å². The lowest BCUT2D eigenvalue weighted by Gasteiger charge is -2.38. The van der Waals surface area contributed by atoms with Gasteiger partial charge in [0.1, 0.15) is 0 Å². The number of aromatic nitrogens is 2. The van der Waals surface area contributed by atoms with E-state index in [1.54, 1.807) is 0 Å². The molecule has 2 atom stereocenters. The molecule has 0 saturated heterocycles. The van der Waals surface area contributed by atoms with E-state index in [0.29, 0.717) is 0 Å². The van der Waals surface area contributed by atoms with E-state index in [0.717, 1.165) is 35.5 Å². The van der Waals surface area contributed by atoms with Crippen LogP contribution in [0.1, 0.15) is 45.0 Å². The van der Waals surface area contributed by atoms with Crippen LogP contribution in [-0.4, -0.2) is 21.9 Å². The molecule has 2 rings (SSSR count). The first-order chi connectivity index (χ1) is 8.78. The zero-order chi connectivity index (χ0) is 14.2. The van der Waals surface area contributed by atoms with Gasteiger partial charge in [-0.1, -0.05) is 11.6 Å². The van der Waals surface area contributed by atoms with Gasteiger partial charge in [-0.25, -0.2) is 0 Å². The van der Waals surface area contributed by atoms with E-state index in [2.05, 4.69) is 31.2 Å². The highest BCUT2D eigenvalue weighted by atomic mass is 35.5. The maximum Gasteiger partial charge on any atom is 0.0847 e. The van der Waals surface area contributed by atoms with E-state index in [-0.39, 0.29) is 5.54 Å². The second-order valence-corrected chi connectivity index (χ2v) is 7.28. The Morgan fingerprint density at radius 1 is 1.32 bits per heavy atom. The van der Waals surface area contributed by atoms with Gasteiger partial charge in [0.05, 0.1) is 16.4 Å². The minimum absolute atomic E-state index is 0.209. The fourth-order valence-electron chi connectivity index (χ4n) is 2.76. The molecule has 1 heterocycles. The summed E-state index contributed by atoms with van der Waals surface area (Å²) in [6.45, 7) is 9.76. The van der Waals surface area contributed by atoms with Crippen LogP contribution in [0.25, 0.3) is 0 Å². The largest absolute Gasteiger partial charge is 0.312 e. The molecule has 0 amide bonds. The normalized spacial score (nSPS) is 23.5. The standard InChI is InChI=1S/C15H26ClN3/c1-10-14(16)13(19(5)18-10)8-11-6-7-12(11)9-17-15(2,3)4/h11-12,17H,6-9H2,1-5H3. The molecule has 4 heteroatoms. The number of halogens is 1. The lowest BCUT2D eigenvalue weighted by molar-refractivity contribution is 0.157. The average Bonchev–Trinajstić information content (AvgIpc) is 2.48. The van der Waals surface area contributed by atoms with E-state index in [1.165, 1.54) is 18.5 Å². The van der Waals surface area contributed by atoms with Gasteiger partial charge in [0, 0.05) is 12.6 Å². The SMILES string of the molecule is Cc1nn(C)c(CC2CCC2CNC(C)(C)C)c1Cl. The fourth-order valence-corrected chi connectivity index (χ4v) is 3.00. The second kappa shape index (κ2) is 5.45. The Labute approximate surface area is 121 Å². The highest BCUT2D eigenvalue weighted by Crippen LogP contribution is 2.38. The fraction of sp³-hybridized carbons (Fsp3) is 0.800. The van der Waals surface area contributed by atoms with E-state index in [4.69, 9.17) is 11.6 Å². The number of rotatable bonds is 4. The van der Waals surface area contributed by atoms with Crippen molar-refractivity contribution in [1.82, 2.24) is 15.1 Å². The van der Waals surface area contributed by atoms with Crippen molar-refractivity contribution in [2.24, 2.45) is 18.9 Å². The van der Waals surface area contributed by atoms with Gasteiger partial charge in [0.25, 0.3) is 0 Å². The molecule has 0 aliphatic heterocycles. The Morgan fingerprint density at radius 2 is 1.95 bits per heavy atom. The molecule has 1 N–H and O–H groups in total. The quantitative estimate of drug-likeness (QED) is 0.918. The maximum absolute atomic E-state index is 6.34. The van der Waals surface area contributed by atoms with Crippen molar-refractivity contribution < 1.29 is 0 Å². The van der Waals surface area contributed by atoms with Gasteiger partial charge in [-0.15, -0.1) is 0 Å². The molecule has 19 heavy (non-hydrogen) atoms. The topological polar surface area (TPSA) is 29.9 Å². The Kier molecular flexibility index (Phi) is 4.26.